The number of nitro benzene ring substituents is 1. The first-order valence-corrected chi connectivity index (χ1v) is 3.86. The molecule has 13 heavy (non-hydrogen) atoms. The van der Waals surface area contributed by atoms with Crippen LogP contribution in [0.2, 0.25) is 0 Å². The van der Waals surface area contributed by atoms with Crippen LogP contribution in [0.3, 0.4) is 0 Å². The molecule has 0 spiro atoms. The first kappa shape index (κ1) is 9.47. The largest absolute Gasteiger partial charge is 0.294 e. The molecule has 1 aromatic carbocycles. The van der Waals surface area contributed by atoms with Crippen molar-refractivity contribution in [1.82, 2.24) is 0 Å². The van der Waals surface area contributed by atoms with E-state index < -0.39 is 4.92 Å². The summed E-state index contributed by atoms with van der Waals surface area (Å²) in [5.41, 5.74) is 0.127. The van der Waals surface area contributed by atoms with Gasteiger partial charge in [0.2, 0.25) is 0 Å². The Labute approximate surface area is 75.3 Å². The number of anilines is 1. The summed E-state index contributed by atoms with van der Waals surface area (Å²) >= 11 is 0. The summed E-state index contributed by atoms with van der Waals surface area (Å²) in [7, 11) is 0. The molecule has 0 unspecified atom stereocenters. The molecule has 0 fully saturated rings. The van der Waals surface area contributed by atoms with Gasteiger partial charge in [-0.25, -0.2) is 0 Å². The van der Waals surface area contributed by atoms with Crippen LogP contribution in [0, 0.1) is 10.1 Å². The van der Waals surface area contributed by atoms with Gasteiger partial charge < -0.3 is 0 Å². The molecule has 5 nitrogen and oxygen atoms in total. The van der Waals surface area contributed by atoms with Crippen LogP contribution in [0.25, 0.3) is 0 Å². The molecule has 0 heterocycles. The van der Waals surface area contributed by atoms with E-state index in [4.69, 9.17) is 0 Å². The Morgan fingerprint density at radius 3 is 2.69 bits per heavy atom. The van der Waals surface area contributed by atoms with Crippen LogP contribution in [0.4, 0.5) is 11.4 Å². The molecule has 0 saturated carbocycles. The number of nitro groups is 1. The van der Waals surface area contributed by atoms with Crippen molar-refractivity contribution in [2.45, 2.75) is 6.92 Å². The Morgan fingerprint density at radius 2 is 2.15 bits per heavy atom. The quantitative estimate of drug-likeness (QED) is 0.571. The van der Waals surface area contributed by atoms with Crippen LogP contribution in [-0.2, 0) is 0 Å². The minimum Gasteiger partial charge on any atom is -0.288 e. The van der Waals surface area contributed by atoms with Gasteiger partial charge in [-0.3, -0.25) is 20.4 Å². The van der Waals surface area contributed by atoms with Crippen LogP contribution in [0.15, 0.2) is 24.3 Å². The van der Waals surface area contributed by atoms with Gasteiger partial charge in [0, 0.05) is 12.6 Å². The highest BCUT2D eigenvalue weighted by Gasteiger charge is 2.15. The molecule has 0 atom stereocenters. The SMILES string of the molecule is CCN(O)c1ccccc1[N+](=O)[O-]. The van der Waals surface area contributed by atoms with Gasteiger partial charge in [0.25, 0.3) is 5.69 Å². The van der Waals surface area contributed by atoms with Crippen molar-refractivity contribution in [1.29, 1.82) is 0 Å². The third kappa shape index (κ3) is 1.94. The number of hydrogen-bond acceptors (Lipinski definition) is 4. The van der Waals surface area contributed by atoms with Crippen LogP contribution in [-0.4, -0.2) is 16.7 Å². The molecule has 1 rings (SSSR count). The van der Waals surface area contributed by atoms with E-state index in [1.807, 2.05) is 0 Å². The van der Waals surface area contributed by atoms with Crippen molar-refractivity contribution in [3.8, 4) is 0 Å². The van der Waals surface area contributed by atoms with Crippen molar-refractivity contribution in [2.75, 3.05) is 11.6 Å². The lowest BCUT2D eigenvalue weighted by Crippen LogP contribution is -2.17. The molecule has 0 aliphatic heterocycles. The van der Waals surface area contributed by atoms with E-state index >= 15 is 0 Å². The van der Waals surface area contributed by atoms with Gasteiger partial charge in [-0.2, -0.15) is 0 Å². The first-order chi connectivity index (χ1) is 6.16. The fourth-order valence-corrected chi connectivity index (χ4v) is 1.01. The second-order valence-corrected chi connectivity index (χ2v) is 2.46. The molecule has 0 aromatic heterocycles. The summed E-state index contributed by atoms with van der Waals surface area (Å²) in [6.07, 6.45) is 0. The van der Waals surface area contributed by atoms with Crippen molar-refractivity contribution in [2.24, 2.45) is 0 Å². The Kier molecular flexibility index (Phi) is 2.81. The van der Waals surface area contributed by atoms with Gasteiger partial charge in [-0.15, -0.1) is 0 Å². The van der Waals surface area contributed by atoms with Gasteiger partial charge in [0.05, 0.1) is 4.92 Å². The van der Waals surface area contributed by atoms with E-state index in [1.54, 1.807) is 19.1 Å². The second kappa shape index (κ2) is 3.86. The number of nitrogens with zero attached hydrogens (tertiary/aromatic N) is 2. The lowest BCUT2D eigenvalue weighted by molar-refractivity contribution is -0.384. The number of hydroxylamine groups is 1. The maximum atomic E-state index is 10.5. The summed E-state index contributed by atoms with van der Waals surface area (Å²) in [6.45, 7) is 2.02. The zero-order chi connectivity index (χ0) is 9.84. The van der Waals surface area contributed by atoms with Gasteiger partial charge in [-0.1, -0.05) is 12.1 Å². The normalized spacial score (nSPS) is 9.69. The molecule has 0 aliphatic rings. The van der Waals surface area contributed by atoms with E-state index in [-0.39, 0.29) is 11.4 Å². The molecule has 0 saturated heterocycles. The molecule has 0 radical (unpaired) electrons. The van der Waals surface area contributed by atoms with E-state index in [2.05, 4.69) is 0 Å². The number of rotatable bonds is 3. The average molecular weight is 182 g/mol. The molecule has 0 bridgehead atoms. The van der Waals surface area contributed by atoms with Crippen LogP contribution >= 0.6 is 0 Å². The molecule has 1 N–H and O–H groups in total. The number of benzene rings is 1. The Balaban J connectivity index is 3.11. The standard InChI is InChI=1S/C8H10N2O3/c1-2-9(11)7-5-3-4-6-8(7)10(12)13/h3-6,11H,2H2,1H3. The molecule has 70 valence electrons. The summed E-state index contributed by atoms with van der Waals surface area (Å²) in [6, 6.07) is 6.06. The van der Waals surface area contributed by atoms with Gasteiger partial charge >= 0.3 is 0 Å². The minimum absolute atomic E-state index is 0.0909. The Hall–Kier alpha value is -1.62. The van der Waals surface area contributed by atoms with Gasteiger partial charge in [0.15, 0.2) is 0 Å². The molecule has 0 amide bonds. The highest BCUT2D eigenvalue weighted by Crippen LogP contribution is 2.25. The van der Waals surface area contributed by atoms with Gasteiger partial charge in [-0.05, 0) is 13.0 Å². The summed E-state index contributed by atoms with van der Waals surface area (Å²) in [5, 5.41) is 20.6. The van der Waals surface area contributed by atoms with E-state index in [0.29, 0.717) is 6.54 Å². The van der Waals surface area contributed by atoms with E-state index in [1.165, 1.54) is 12.1 Å². The molecule has 5 heteroatoms. The van der Waals surface area contributed by atoms with Crippen LogP contribution in [0.1, 0.15) is 6.92 Å². The third-order valence-electron chi connectivity index (χ3n) is 1.66. The lowest BCUT2D eigenvalue weighted by atomic mass is 10.2. The van der Waals surface area contributed by atoms with E-state index in [0.717, 1.165) is 5.06 Å². The number of para-hydroxylation sites is 2. The zero-order valence-corrected chi connectivity index (χ0v) is 7.17. The monoisotopic (exact) mass is 182 g/mol. The average Bonchev–Trinajstić information content (AvgIpc) is 2.16. The van der Waals surface area contributed by atoms with E-state index in [9.17, 15) is 15.3 Å². The molecular formula is C8H10N2O3. The highest BCUT2D eigenvalue weighted by molar-refractivity contribution is 5.61. The predicted octanol–water partition coefficient (Wildman–Crippen LogP) is 1.81. The van der Waals surface area contributed by atoms with Crippen molar-refractivity contribution in [3.05, 3.63) is 34.4 Å². The van der Waals surface area contributed by atoms with Gasteiger partial charge in [0.1, 0.15) is 5.69 Å². The Morgan fingerprint density at radius 1 is 1.54 bits per heavy atom. The number of hydrogen-bond donors (Lipinski definition) is 1. The third-order valence-corrected chi connectivity index (χ3v) is 1.66. The fourth-order valence-electron chi connectivity index (χ4n) is 1.01. The zero-order valence-electron chi connectivity index (χ0n) is 7.17. The summed E-state index contributed by atoms with van der Waals surface area (Å²) < 4.78 is 0. The minimum atomic E-state index is -0.520. The topological polar surface area (TPSA) is 66.6 Å². The molecule has 0 aliphatic carbocycles. The first-order valence-electron chi connectivity index (χ1n) is 3.86. The molecule has 1 aromatic rings. The molecular weight excluding hydrogens is 172 g/mol. The smallest absolute Gasteiger partial charge is 0.288 e. The van der Waals surface area contributed by atoms with Crippen LogP contribution in [0.5, 0.6) is 0 Å². The Bertz CT molecular complexity index is 314. The second-order valence-electron chi connectivity index (χ2n) is 2.46. The van der Waals surface area contributed by atoms with Crippen LogP contribution < -0.4 is 5.06 Å². The maximum Gasteiger partial charge on any atom is 0.294 e. The van der Waals surface area contributed by atoms with Crippen molar-refractivity contribution < 1.29 is 10.1 Å². The lowest BCUT2D eigenvalue weighted by Gasteiger charge is -2.13. The summed E-state index contributed by atoms with van der Waals surface area (Å²) in [4.78, 5) is 9.99. The van der Waals surface area contributed by atoms with Crippen molar-refractivity contribution in [3.63, 3.8) is 0 Å². The fraction of sp³-hybridized carbons (Fsp3) is 0.250. The highest BCUT2D eigenvalue weighted by atomic mass is 16.6. The van der Waals surface area contributed by atoms with Crippen molar-refractivity contribution >= 4 is 11.4 Å². The maximum absolute atomic E-state index is 10.5. The summed E-state index contributed by atoms with van der Waals surface area (Å²) in [5.74, 6) is 0. The predicted molar refractivity (Wildman–Crippen MR) is 47.9 cm³/mol.